The highest BCUT2D eigenvalue weighted by Gasteiger charge is 2.04. The number of hydrogen-bond donors (Lipinski definition) is 1. The summed E-state index contributed by atoms with van der Waals surface area (Å²) in [4.78, 5) is 15.1. The second-order valence-electron chi connectivity index (χ2n) is 3.11. The van der Waals surface area contributed by atoms with Crippen molar-refractivity contribution in [2.24, 2.45) is 0 Å². The molecule has 0 aliphatic heterocycles. The lowest BCUT2D eigenvalue weighted by molar-refractivity contribution is -0.145. The van der Waals surface area contributed by atoms with Crippen LogP contribution in [0.25, 0.3) is 0 Å². The first-order valence-corrected chi connectivity index (χ1v) is 4.53. The Morgan fingerprint density at radius 3 is 2.93 bits per heavy atom. The molecule has 0 radical (unpaired) electrons. The van der Waals surface area contributed by atoms with Crippen molar-refractivity contribution in [2.75, 3.05) is 11.9 Å². The first-order valence-electron chi connectivity index (χ1n) is 4.53. The van der Waals surface area contributed by atoms with Crippen molar-refractivity contribution in [1.82, 2.24) is 4.98 Å². The summed E-state index contributed by atoms with van der Waals surface area (Å²) >= 11 is 0. The molecule has 0 fully saturated rings. The molecular formula is C10H14N2O2. The quantitative estimate of drug-likeness (QED) is 0.737. The van der Waals surface area contributed by atoms with E-state index in [1.165, 1.54) is 0 Å². The van der Waals surface area contributed by atoms with Crippen LogP contribution in [0.15, 0.2) is 24.4 Å². The number of ether oxygens (including phenoxy) is 1. The Kier molecular flexibility index (Phi) is 3.91. The average Bonchev–Trinajstić information content (AvgIpc) is 2.15. The number of esters is 1. The number of nitrogens with zero attached hydrogens (tertiary/aromatic N) is 1. The van der Waals surface area contributed by atoms with Crippen LogP contribution in [0.1, 0.15) is 13.8 Å². The zero-order valence-electron chi connectivity index (χ0n) is 8.36. The van der Waals surface area contributed by atoms with Crippen LogP contribution in [0.5, 0.6) is 0 Å². The lowest BCUT2D eigenvalue weighted by atomic mass is 10.4. The highest BCUT2D eigenvalue weighted by Crippen LogP contribution is 1.99. The largest absolute Gasteiger partial charge is 0.462 e. The number of anilines is 1. The molecule has 1 rings (SSSR count). The molecule has 1 heterocycles. The van der Waals surface area contributed by atoms with Gasteiger partial charge < -0.3 is 10.1 Å². The number of aromatic nitrogens is 1. The van der Waals surface area contributed by atoms with Gasteiger partial charge in [0.25, 0.3) is 0 Å². The van der Waals surface area contributed by atoms with Crippen LogP contribution >= 0.6 is 0 Å². The van der Waals surface area contributed by atoms with Gasteiger partial charge in [-0.25, -0.2) is 4.98 Å². The van der Waals surface area contributed by atoms with Crippen molar-refractivity contribution in [3.8, 4) is 0 Å². The molecule has 4 heteroatoms. The molecule has 0 aromatic carbocycles. The first-order chi connectivity index (χ1) is 6.68. The molecule has 1 aromatic rings. The average molecular weight is 194 g/mol. The Morgan fingerprint density at radius 2 is 2.36 bits per heavy atom. The van der Waals surface area contributed by atoms with Crippen molar-refractivity contribution in [1.29, 1.82) is 0 Å². The fourth-order valence-corrected chi connectivity index (χ4v) is 0.935. The van der Waals surface area contributed by atoms with Crippen LogP contribution in [-0.2, 0) is 9.53 Å². The zero-order valence-corrected chi connectivity index (χ0v) is 8.36. The predicted octanol–water partition coefficient (Wildman–Crippen LogP) is 1.45. The maximum absolute atomic E-state index is 11.1. The second kappa shape index (κ2) is 5.21. The summed E-state index contributed by atoms with van der Waals surface area (Å²) in [6.45, 7) is 3.78. The minimum atomic E-state index is -0.273. The van der Waals surface area contributed by atoms with Gasteiger partial charge in [-0.1, -0.05) is 6.07 Å². The van der Waals surface area contributed by atoms with Gasteiger partial charge in [0, 0.05) is 6.20 Å². The SMILES string of the molecule is CC(C)OC(=O)CNc1ccccn1. The predicted molar refractivity (Wildman–Crippen MR) is 54.0 cm³/mol. The van der Waals surface area contributed by atoms with Crippen LogP contribution < -0.4 is 5.32 Å². The Balaban J connectivity index is 2.31. The maximum Gasteiger partial charge on any atom is 0.325 e. The summed E-state index contributed by atoms with van der Waals surface area (Å²) in [5.74, 6) is 0.402. The summed E-state index contributed by atoms with van der Waals surface area (Å²) in [7, 11) is 0. The van der Waals surface area contributed by atoms with Crippen LogP contribution in [0, 0.1) is 0 Å². The smallest absolute Gasteiger partial charge is 0.325 e. The normalized spacial score (nSPS) is 9.93. The minimum absolute atomic E-state index is 0.0759. The minimum Gasteiger partial charge on any atom is -0.462 e. The molecule has 1 N–H and O–H groups in total. The molecule has 1 aromatic heterocycles. The molecule has 0 spiro atoms. The van der Waals surface area contributed by atoms with Crippen LogP contribution in [-0.4, -0.2) is 23.6 Å². The van der Waals surface area contributed by atoms with E-state index in [2.05, 4.69) is 10.3 Å². The summed E-state index contributed by atoms with van der Waals surface area (Å²) in [6.07, 6.45) is 1.59. The van der Waals surface area contributed by atoms with Crippen LogP contribution in [0.3, 0.4) is 0 Å². The van der Waals surface area contributed by atoms with Gasteiger partial charge in [0.2, 0.25) is 0 Å². The number of carbonyl (C=O) groups is 1. The highest BCUT2D eigenvalue weighted by molar-refractivity contribution is 5.74. The van der Waals surface area contributed by atoms with Gasteiger partial charge in [-0.05, 0) is 26.0 Å². The van der Waals surface area contributed by atoms with Gasteiger partial charge in [-0.15, -0.1) is 0 Å². The Bertz CT molecular complexity index is 285. The molecule has 0 bridgehead atoms. The van der Waals surface area contributed by atoms with Gasteiger partial charge in [-0.3, -0.25) is 4.79 Å². The molecule has 0 aliphatic carbocycles. The molecule has 0 unspecified atom stereocenters. The molecule has 0 atom stereocenters. The number of carbonyl (C=O) groups excluding carboxylic acids is 1. The van der Waals surface area contributed by atoms with E-state index in [0.29, 0.717) is 5.82 Å². The lowest BCUT2D eigenvalue weighted by Crippen LogP contribution is -2.20. The van der Waals surface area contributed by atoms with Gasteiger partial charge in [0.15, 0.2) is 0 Å². The third-order valence-electron chi connectivity index (χ3n) is 1.45. The number of hydrogen-bond acceptors (Lipinski definition) is 4. The number of pyridine rings is 1. The van der Waals surface area contributed by atoms with E-state index < -0.39 is 0 Å². The summed E-state index contributed by atoms with van der Waals surface area (Å²) in [5, 5.41) is 2.86. The first kappa shape index (κ1) is 10.5. The molecule has 76 valence electrons. The Labute approximate surface area is 83.3 Å². The van der Waals surface area contributed by atoms with E-state index in [-0.39, 0.29) is 18.6 Å². The third kappa shape index (κ3) is 3.89. The molecule has 4 nitrogen and oxygen atoms in total. The van der Waals surface area contributed by atoms with Gasteiger partial charge in [-0.2, -0.15) is 0 Å². The van der Waals surface area contributed by atoms with Gasteiger partial charge in [0.05, 0.1) is 6.10 Å². The standard InChI is InChI=1S/C10H14N2O2/c1-8(2)14-10(13)7-12-9-5-3-4-6-11-9/h3-6,8H,7H2,1-2H3,(H,11,12). The molecule has 0 saturated heterocycles. The summed E-state index contributed by atoms with van der Waals surface area (Å²) < 4.78 is 4.94. The van der Waals surface area contributed by atoms with E-state index in [4.69, 9.17) is 4.74 Å². The molecule has 14 heavy (non-hydrogen) atoms. The van der Waals surface area contributed by atoms with E-state index in [1.54, 1.807) is 12.3 Å². The zero-order chi connectivity index (χ0) is 10.4. The Hall–Kier alpha value is -1.58. The fraction of sp³-hybridized carbons (Fsp3) is 0.400. The van der Waals surface area contributed by atoms with Crippen LogP contribution in [0.2, 0.25) is 0 Å². The van der Waals surface area contributed by atoms with Crippen molar-refractivity contribution in [3.05, 3.63) is 24.4 Å². The third-order valence-corrected chi connectivity index (χ3v) is 1.45. The van der Waals surface area contributed by atoms with E-state index in [9.17, 15) is 4.79 Å². The van der Waals surface area contributed by atoms with E-state index in [0.717, 1.165) is 0 Å². The van der Waals surface area contributed by atoms with Crippen molar-refractivity contribution in [3.63, 3.8) is 0 Å². The molecule has 0 amide bonds. The monoisotopic (exact) mass is 194 g/mol. The van der Waals surface area contributed by atoms with E-state index in [1.807, 2.05) is 26.0 Å². The lowest BCUT2D eigenvalue weighted by Gasteiger charge is -2.08. The fourth-order valence-electron chi connectivity index (χ4n) is 0.935. The van der Waals surface area contributed by atoms with Crippen LogP contribution in [0.4, 0.5) is 5.82 Å². The van der Waals surface area contributed by atoms with E-state index >= 15 is 0 Å². The molecule has 0 saturated carbocycles. The van der Waals surface area contributed by atoms with Crippen molar-refractivity contribution < 1.29 is 9.53 Å². The molecule has 0 aliphatic rings. The topological polar surface area (TPSA) is 51.2 Å². The molecular weight excluding hydrogens is 180 g/mol. The maximum atomic E-state index is 11.1. The van der Waals surface area contributed by atoms with Gasteiger partial charge in [0.1, 0.15) is 12.4 Å². The number of nitrogens with one attached hydrogen (secondary N) is 1. The van der Waals surface area contributed by atoms with Gasteiger partial charge >= 0.3 is 5.97 Å². The Morgan fingerprint density at radius 1 is 1.57 bits per heavy atom. The van der Waals surface area contributed by atoms with Crippen molar-refractivity contribution in [2.45, 2.75) is 20.0 Å². The summed E-state index contributed by atoms with van der Waals surface area (Å²) in [6, 6.07) is 5.46. The second-order valence-corrected chi connectivity index (χ2v) is 3.11. The van der Waals surface area contributed by atoms with Crippen molar-refractivity contribution >= 4 is 11.8 Å². The highest BCUT2D eigenvalue weighted by atomic mass is 16.5. The summed E-state index contributed by atoms with van der Waals surface area (Å²) in [5.41, 5.74) is 0. The number of rotatable bonds is 4.